The smallest absolute Gasteiger partial charge is 0.131 e. The van der Waals surface area contributed by atoms with Crippen LogP contribution in [0.2, 0.25) is 0 Å². The van der Waals surface area contributed by atoms with E-state index in [1.54, 1.807) is 0 Å². The average molecular weight is 269 g/mol. The number of hydrogen-bond donors (Lipinski definition) is 0. The fourth-order valence-corrected chi connectivity index (χ4v) is 2.85. The molecule has 0 heterocycles. The topological polar surface area (TPSA) is 26.3 Å². The largest absolute Gasteiger partial charge is 0.495 e. The van der Waals surface area contributed by atoms with E-state index in [0.29, 0.717) is 0 Å². The van der Waals surface area contributed by atoms with Crippen molar-refractivity contribution in [3.63, 3.8) is 0 Å². The zero-order valence-corrected chi connectivity index (χ0v) is 12.0. The standard InChI is InChI=1S/C13H18O2PS/c1-3-10-13(15-16-14,12(17)4-2)11-8-6-5-7-9-11/h5-9,16H,3-4,10H2,1-2H3/q+1. The highest BCUT2D eigenvalue weighted by Crippen LogP contribution is 2.37. The van der Waals surface area contributed by atoms with Crippen molar-refractivity contribution in [2.45, 2.75) is 38.7 Å². The molecule has 1 rings (SSSR count). The number of hydrogen-bond acceptors (Lipinski definition) is 3. The van der Waals surface area contributed by atoms with Crippen molar-refractivity contribution >= 4 is 25.8 Å². The van der Waals surface area contributed by atoms with E-state index in [9.17, 15) is 4.57 Å². The Bertz CT molecular complexity index is 380. The van der Waals surface area contributed by atoms with E-state index < -0.39 is 14.3 Å². The van der Waals surface area contributed by atoms with Gasteiger partial charge in [0.2, 0.25) is 0 Å². The summed E-state index contributed by atoms with van der Waals surface area (Å²) in [5.74, 6) is 0. The minimum Gasteiger partial charge on any atom is -0.131 e. The molecule has 1 aromatic carbocycles. The van der Waals surface area contributed by atoms with Gasteiger partial charge in [0.1, 0.15) is 0 Å². The van der Waals surface area contributed by atoms with Crippen molar-refractivity contribution in [3.05, 3.63) is 35.9 Å². The van der Waals surface area contributed by atoms with E-state index in [-0.39, 0.29) is 0 Å². The molecule has 0 aliphatic carbocycles. The molecule has 0 spiro atoms. The van der Waals surface area contributed by atoms with Crippen molar-refractivity contribution in [2.75, 3.05) is 0 Å². The fourth-order valence-electron chi connectivity index (χ4n) is 2.03. The van der Waals surface area contributed by atoms with Crippen LogP contribution in [-0.2, 0) is 14.7 Å². The summed E-state index contributed by atoms with van der Waals surface area (Å²) < 4.78 is 16.5. The molecule has 2 nitrogen and oxygen atoms in total. The lowest BCUT2D eigenvalue weighted by Crippen LogP contribution is -2.35. The van der Waals surface area contributed by atoms with E-state index >= 15 is 0 Å². The van der Waals surface area contributed by atoms with Crippen LogP contribution in [0.1, 0.15) is 38.7 Å². The quantitative estimate of drug-likeness (QED) is 0.541. The molecule has 0 saturated heterocycles. The van der Waals surface area contributed by atoms with Crippen molar-refractivity contribution in [1.82, 2.24) is 0 Å². The molecule has 0 amide bonds. The molecule has 0 aliphatic heterocycles. The predicted octanol–water partition coefficient (Wildman–Crippen LogP) is 4.42. The zero-order chi connectivity index (χ0) is 12.7. The predicted molar refractivity (Wildman–Crippen MR) is 76.0 cm³/mol. The SMILES string of the molecule is CCCC(O[PH+]=O)(C(=S)CC)c1ccccc1. The maximum absolute atomic E-state index is 11.0. The molecule has 0 aromatic heterocycles. The van der Waals surface area contributed by atoms with Gasteiger partial charge in [-0.05, 0) is 23.0 Å². The number of benzene rings is 1. The molecule has 0 N–H and O–H groups in total. The van der Waals surface area contributed by atoms with Gasteiger partial charge in [0.25, 0.3) is 0 Å². The third-order valence-electron chi connectivity index (χ3n) is 2.83. The molecular formula is C13H18O2PS+. The third kappa shape index (κ3) is 3.19. The second kappa shape index (κ2) is 6.95. The van der Waals surface area contributed by atoms with Gasteiger partial charge in [-0.25, -0.2) is 0 Å². The second-order valence-corrected chi connectivity index (χ2v) is 4.77. The van der Waals surface area contributed by atoms with Crippen molar-refractivity contribution in [2.24, 2.45) is 0 Å². The monoisotopic (exact) mass is 269 g/mol. The van der Waals surface area contributed by atoms with E-state index in [1.807, 2.05) is 37.3 Å². The first-order valence-corrected chi connectivity index (χ1v) is 7.07. The molecule has 1 aromatic rings. The van der Waals surface area contributed by atoms with E-state index in [0.717, 1.165) is 29.7 Å². The average Bonchev–Trinajstić information content (AvgIpc) is 2.38. The number of rotatable bonds is 7. The summed E-state index contributed by atoms with van der Waals surface area (Å²) in [6.07, 6.45) is 2.44. The molecule has 0 radical (unpaired) electrons. The Labute approximate surface area is 110 Å². The minimum absolute atomic E-state index is 0.666. The Kier molecular flexibility index (Phi) is 5.90. The molecule has 2 atom stereocenters. The van der Waals surface area contributed by atoms with Gasteiger partial charge in [-0.15, -0.1) is 4.52 Å². The van der Waals surface area contributed by atoms with Gasteiger partial charge in [0, 0.05) is 4.86 Å². The van der Waals surface area contributed by atoms with Gasteiger partial charge >= 0.3 is 8.69 Å². The van der Waals surface area contributed by atoms with Crippen LogP contribution in [0.25, 0.3) is 0 Å². The first-order valence-electron chi connectivity index (χ1n) is 5.85. The van der Waals surface area contributed by atoms with Crippen LogP contribution >= 0.6 is 20.9 Å². The van der Waals surface area contributed by atoms with Gasteiger partial charge in [0.15, 0.2) is 5.60 Å². The summed E-state index contributed by atoms with van der Waals surface area (Å²) in [6.45, 7) is 4.08. The highest BCUT2D eigenvalue weighted by molar-refractivity contribution is 7.80. The zero-order valence-electron chi connectivity index (χ0n) is 10.2. The van der Waals surface area contributed by atoms with Gasteiger partial charge < -0.3 is 0 Å². The molecular weight excluding hydrogens is 251 g/mol. The molecule has 0 fully saturated rings. The van der Waals surface area contributed by atoms with Gasteiger partial charge in [-0.1, -0.05) is 62.8 Å². The minimum atomic E-state index is -0.797. The molecule has 0 bridgehead atoms. The lowest BCUT2D eigenvalue weighted by Gasteiger charge is -2.28. The Balaban J connectivity index is 3.23. The molecule has 92 valence electrons. The summed E-state index contributed by atoms with van der Waals surface area (Å²) in [6, 6.07) is 9.83. The lowest BCUT2D eigenvalue weighted by molar-refractivity contribution is 0.149. The maximum Gasteiger partial charge on any atom is 0.495 e. The van der Waals surface area contributed by atoms with Crippen LogP contribution in [0.5, 0.6) is 0 Å². The number of thiocarbonyl (C=S) groups is 1. The Morgan fingerprint density at radius 1 is 1.35 bits per heavy atom. The van der Waals surface area contributed by atoms with Gasteiger partial charge in [-0.2, -0.15) is 0 Å². The fraction of sp³-hybridized carbons (Fsp3) is 0.462. The lowest BCUT2D eigenvalue weighted by atomic mass is 9.85. The van der Waals surface area contributed by atoms with Crippen LogP contribution in [0.15, 0.2) is 30.3 Å². The van der Waals surface area contributed by atoms with Crippen molar-refractivity contribution < 1.29 is 9.09 Å². The van der Waals surface area contributed by atoms with Crippen LogP contribution in [0.3, 0.4) is 0 Å². The molecule has 17 heavy (non-hydrogen) atoms. The highest BCUT2D eigenvalue weighted by atomic mass is 32.1. The van der Waals surface area contributed by atoms with Crippen LogP contribution < -0.4 is 0 Å². The molecule has 0 aliphatic rings. The normalized spacial score (nSPS) is 14.5. The summed E-state index contributed by atoms with van der Waals surface area (Å²) in [4.78, 5) is 0.814. The summed E-state index contributed by atoms with van der Waals surface area (Å²) in [5.41, 5.74) is 0.331. The highest BCUT2D eigenvalue weighted by Gasteiger charge is 2.40. The summed E-state index contributed by atoms with van der Waals surface area (Å²) >= 11 is 5.44. The first-order chi connectivity index (χ1) is 8.21. The summed E-state index contributed by atoms with van der Waals surface area (Å²) in [5, 5.41) is 0. The van der Waals surface area contributed by atoms with Gasteiger partial charge in [0.05, 0.1) is 0 Å². The van der Waals surface area contributed by atoms with E-state index in [1.165, 1.54) is 0 Å². The van der Waals surface area contributed by atoms with Crippen LogP contribution in [-0.4, -0.2) is 4.86 Å². The Morgan fingerprint density at radius 2 is 2.00 bits per heavy atom. The van der Waals surface area contributed by atoms with E-state index in [2.05, 4.69) is 6.92 Å². The molecule has 0 saturated carbocycles. The summed E-state index contributed by atoms with van der Waals surface area (Å²) in [7, 11) is -0.797. The van der Waals surface area contributed by atoms with Gasteiger partial charge in [-0.3, -0.25) is 0 Å². The maximum atomic E-state index is 11.0. The van der Waals surface area contributed by atoms with Crippen molar-refractivity contribution in [1.29, 1.82) is 0 Å². The Morgan fingerprint density at radius 3 is 2.47 bits per heavy atom. The molecule has 2 unspecified atom stereocenters. The van der Waals surface area contributed by atoms with Crippen LogP contribution in [0.4, 0.5) is 0 Å². The first kappa shape index (κ1) is 14.4. The Hall–Kier alpha value is -0.630. The molecule has 4 heteroatoms. The van der Waals surface area contributed by atoms with E-state index in [4.69, 9.17) is 16.7 Å². The second-order valence-electron chi connectivity index (χ2n) is 3.91. The van der Waals surface area contributed by atoms with Crippen LogP contribution in [0, 0.1) is 0 Å². The third-order valence-corrected chi connectivity index (χ3v) is 3.88. The van der Waals surface area contributed by atoms with Crippen molar-refractivity contribution in [3.8, 4) is 0 Å².